The summed E-state index contributed by atoms with van der Waals surface area (Å²) < 4.78 is 10.3. The minimum atomic E-state index is -0.0755. The largest absolute Gasteiger partial charge is 0.467 e. The van der Waals surface area contributed by atoms with Crippen LogP contribution in [0.3, 0.4) is 0 Å². The predicted molar refractivity (Wildman–Crippen MR) is 63.5 cm³/mol. The maximum absolute atomic E-state index is 5.78. The Morgan fingerprint density at radius 2 is 2.00 bits per heavy atom. The number of methoxy groups -OCH3 is 1. The number of anilines is 1. The van der Waals surface area contributed by atoms with Crippen LogP contribution in [0.15, 0.2) is 0 Å². The molecule has 94 valence electrons. The molecule has 6 nitrogen and oxygen atoms in total. The summed E-state index contributed by atoms with van der Waals surface area (Å²) in [7, 11) is 1.49. The molecule has 1 aromatic rings. The van der Waals surface area contributed by atoms with Gasteiger partial charge in [-0.25, -0.2) is 0 Å². The molecule has 0 atom stereocenters. The molecule has 2 rings (SSSR count). The highest BCUT2D eigenvalue weighted by Crippen LogP contribution is 2.24. The van der Waals surface area contributed by atoms with Crippen molar-refractivity contribution in [2.24, 2.45) is 0 Å². The third-order valence-corrected chi connectivity index (χ3v) is 2.95. The minimum Gasteiger partial charge on any atom is -0.467 e. The molecule has 0 amide bonds. The van der Waals surface area contributed by atoms with Crippen LogP contribution in [-0.2, 0) is 4.74 Å². The molecule has 1 aromatic heterocycles. The Kier molecular flexibility index (Phi) is 3.63. The standard InChI is InChI=1S/C10H15ClN4O2/c1-10(3-5-17-6-4-10)15-8-12-7(11)13-9(14-8)16-2/h3-6H2,1-2H3,(H,12,13,14,15). The zero-order valence-electron chi connectivity index (χ0n) is 9.86. The molecule has 1 fully saturated rings. The van der Waals surface area contributed by atoms with Crippen molar-refractivity contribution in [3.8, 4) is 6.01 Å². The maximum Gasteiger partial charge on any atom is 0.322 e. The summed E-state index contributed by atoms with van der Waals surface area (Å²) in [6.45, 7) is 3.58. The second kappa shape index (κ2) is 5.01. The topological polar surface area (TPSA) is 69.2 Å². The number of nitrogens with one attached hydrogen (secondary N) is 1. The summed E-state index contributed by atoms with van der Waals surface area (Å²) in [5.41, 5.74) is -0.0755. The second-order valence-corrected chi connectivity index (χ2v) is 4.55. The average Bonchev–Trinajstić information content (AvgIpc) is 2.28. The van der Waals surface area contributed by atoms with Gasteiger partial charge in [-0.05, 0) is 31.4 Å². The molecule has 1 saturated heterocycles. The van der Waals surface area contributed by atoms with Crippen molar-refractivity contribution >= 4 is 17.5 Å². The molecule has 17 heavy (non-hydrogen) atoms. The molecule has 7 heteroatoms. The number of aromatic nitrogens is 3. The Balaban J connectivity index is 2.14. The molecule has 0 radical (unpaired) electrons. The van der Waals surface area contributed by atoms with Crippen LogP contribution >= 0.6 is 11.6 Å². The highest BCUT2D eigenvalue weighted by atomic mass is 35.5. The van der Waals surface area contributed by atoms with Crippen molar-refractivity contribution in [1.29, 1.82) is 0 Å². The molecule has 1 aliphatic heterocycles. The fourth-order valence-electron chi connectivity index (χ4n) is 1.70. The summed E-state index contributed by atoms with van der Waals surface area (Å²) in [6.07, 6.45) is 1.80. The Bertz CT molecular complexity index is 396. The van der Waals surface area contributed by atoms with Gasteiger partial charge in [-0.3, -0.25) is 0 Å². The van der Waals surface area contributed by atoms with Gasteiger partial charge in [0.05, 0.1) is 7.11 Å². The average molecular weight is 259 g/mol. The second-order valence-electron chi connectivity index (χ2n) is 4.21. The molecule has 0 spiro atoms. The van der Waals surface area contributed by atoms with Crippen LogP contribution in [-0.4, -0.2) is 40.8 Å². The van der Waals surface area contributed by atoms with E-state index in [1.54, 1.807) is 0 Å². The number of rotatable bonds is 3. The monoisotopic (exact) mass is 258 g/mol. The fraction of sp³-hybridized carbons (Fsp3) is 0.700. The molecule has 1 N–H and O–H groups in total. The van der Waals surface area contributed by atoms with E-state index in [2.05, 4.69) is 27.2 Å². The van der Waals surface area contributed by atoms with Crippen LogP contribution in [0, 0.1) is 0 Å². The minimum absolute atomic E-state index is 0.0755. The van der Waals surface area contributed by atoms with Gasteiger partial charge in [0, 0.05) is 18.8 Å². The van der Waals surface area contributed by atoms with Crippen molar-refractivity contribution in [1.82, 2.24) is 15.0 Å². The van der Waals surface area contributed by atoms with Crippen molar-refractivity contribution in [2.45, 2.75) is 25.3 Å². The number of halogens is 1. The van der Waals surface area contributed by atoms with Gasteiger partial charge in [0.1, 0.15) is 0 Å². The number of ether oxygens (including phenoxy) is 2. The third kappa shape index (κ3) is 3.17. The molecule has 1 aliphatic rings. The first-order valence-corrected chi connectivity index (χ1v) is 5.81. The Morgan fingerprint density at radius 1 is 1.29 bits per heavy atom. The van der Waals surface area contributed by atoms with E-state index >= 15 is 0 Å². The molecule has 0 aromatic carbocycles. The van der Waals surface area contributed by atoms with E-state index in [4.69, 9.17) is 21.1 Å². The Hall–Kier alpha value is -1.14. The smallest absolute Gasteiger partial charge is 0.322 e. The van der Waals surface area contributed by atoms with Crippen molar-refractivity contribution in [3.63, 3.8) is 0 Å². The molecule has 0 bridgehead atoms. The molecular formula is C10H15ClN4O2. The van der Waals surface area contributed by atoms with E-state index in [9.17, 15) is 0 Å². The Morgan fingerprint density at radius 3 is 2.65 bits per heavy atom. The lowest BCUT2D eigenvalue weighted by atomic mass is 9.93. The predicted octanol–water partition coefficient (Wildman–Crippen LogP) is 1.51. The highest BCUT2D eigenvalue weighted by Gasteiger charge is 2.28. The van der Waals surface area contributed by atoms with Crippen LogP contribution in [0.4, 0.5) is 5.95 Å². The first kappa shape index (κ1) is 12.3. The lowest BCUT2D eigenvalue weighted by Crippen LogP contribution is -2.41. The van der Waals surface area contributed by atoms with Crippen molar-refractivity contribution < 1.29 is 9.47 Å². The SMILES string of the molecule is COc1nc(Cl)nc(NC2(C)CCOCC2)n1. The van der Waals surface area contributed by atoms with Crippen LogP contribution in [0.1, 0.15) is 19.8 Å². The highest BCUT2D eigenvalue weighted by molar-refractivity contribution is 6.28. The number of hydrogen-bond acceptors (Lipinski definition) is 6. The van der Waals surface area contributed by atoms with E-state index in [1.165, 1.54) is 7.11 Å². The van der Waals surface area contributed by atoms with Gasteiger partial charge in [-0.1, -0.05) is 0 Å². The normalized spacial score (nSPS) is 18.8. The molecule has 0 unspecified atom stereocenters. The van der Waals surface area contributed by atoms with E-state index in [-0.39, 0.29) is 16.8 Å². The molecule has 2 heterocycles. The lowest BCUT2D eigenvalue weighted by Gasteiger charge is -2.34. The van der Waals surface area contributed by atoms with Gasteiger partial charge in [-0.2, -0.15) is 15.0 Å². The fourth-order valence-corrected chi connectivity index (χ4v) is 1.85. The summed E-state index contributed by atoms with van der Waals surface area (Å²) in [6, 6.07) is 0.211. The molecule has 0 aliphatic carbocycles. The van der Waals surface area contributed by atoms with Gasteiger partial charge in [0.2, 0.25) is 11.2 Å². The van der Waals surface area contributed by atoms with E-state index < -0.39 is 0 Å². The van der Waals surface area contributed by atoms with Crippen molar-refractivity contribution in [2.75, 3.05) is 25.6 Å². The summed E-state index contributed by atoms with van der Waals surface area (Å²) >= 11 is 5.78. The molecule has 0 saturated carbocycles. The maximum atomic E-state index is 5.78. The summed E-state index contributed by atoms with van der Waals surface area (Å²) in [4.78, 5) is 12.0. The quantitative estimate of drug-likeness (QED) is 0.886. The number of nitrogens with zero attached hydrogens (tertiary/aromatic N) is 3. The van der Waals surface area contributed by atoms with Gasteiger partial charge in [0.25, 0.3) is 0 Å². The van der Waals surface area contributed by atoms with Crippen LogP contribution in [0.5, 0.6) is 6.01 Å². The van der Waals surface area contributed by atoms with E-state index in [0.29, 0.717) is 5.95 Å². The number of hydrogen-bond donors (Lipinski definition) is 1. The van der Waals surface area contributed by atoms with E-state index in [0.717, 1.165) is 26.1 Å². The molecular weight excluding hydrogens is 244 g/mol. The first-order valence-electron chi connectivity index (χ1n) is 5.43. The van der Waals surface area contributed by atoms with Crippen LogP contribution in [0.2, 0.25) is 5.28 Å². The summed E-state index contributed by atoms with van der Waals surface area (Å²) in [5.74, 6) is 0.436. The zero-order chi connectivity index (χ0) is 12.3. The summed E-state index contributed by atoms with van der Waals surface area (Å²) in [5, 5.41) is 3.39. The van der Waals surface area contributed by atoms with Gasteiger partial charge in [-0.15, -0.1) is 0 Å². The van der Waals surface area contributed by atoms with Crippen molar-refractivity contribution in [3.05, 3.63) is 5.28 Å². The van der Waals surface area contributed by atoms with Crippen LogP contribution < -0.4 is 10.1 Å². The third-order valence-electron chi connectivity index (χ3n) is 2.78. The van der Waals surface area contributed by atoms with E-state index in [1.807, 2.05) is 0 Å². The first-order chi connectivity index (χ1) is 8.11. The zero-order valence-corrected chi connectivity index (χ0v) is 10.6. The van der Waals surface area contributed by atoms with Gasteiger partial charge in [0.15, 0.2) is 0 Å². The van der Waals surface area contributed by atoms with Gasteiger partial charge < -0.3 is 14.8 Å². The lowest BCUT2D eigenvalue weighted by molar-refractivity contribution is 0.0655. The van der Waals surface area contributed by atoms with Crippen LogP contribution in [0.25, 0.3) is 0 Å². The van der Waals surface area contributed by atoms with Gasteiger partial charge >= 0.3 is 6.01 Å². The Labute approximate surface area is 105 Å².